The number of carboxylic acids is 1. The van der Waals surface area contributed by atoms with Gasteiger partial charge in [-0.3, -0.25) is 19.3 Å². The van der Waals surface area contributed by atoms with Crippen LogP contribution in [-0.2, 0) is 25.7 Å². The molecule has 0 bridgehead atoms. The van der Waals surface area contributed by atoms with Crippen molar-refractivity contribution in [3.05, 3.63) is 35.9 Å². The van der Waals surface area contributed by atoms with E-state index in [1.54, 1.807) is 24.3 Å². The molecule has 3 N–H and O–H groups in total. The molecule has 1 aliphatic heterocycles. The van der Waals surface area contributed by atoms with Crippen LogP contribution in [0.15, 0.2) is 30.3 Å². The Bertz CT molecular complexity index is 784. The summed E-state index contributed by atoms with van der Waals surface area (Å²) in [7, 11) is 0. The van der Waals surface area contributed by atoms with E-state index in [0.717, 1.165) is 15.4 Å². The van der Waals surface area contributed by atoms with Gasteiger partial charge in [0.1, 0.15) is 19.2 Å². The molecule has 1 atom stereocenters. The second kappa shape index (κ2) is 10.1. The number of carboxylic acid groups (broad SMARTS) is 1. The van der Waals surface area contributed by atoms with Gasteiger partial charge in [-0.1, -0.05) is 30.3 Å². The number of carbonyl (C=O) groups is 5. The molecule has 0 saturated carbocycles. The van der Waals surface area contributed by atoms with E-state index >= 15 is 0 Å². The SMILES string of the molecule is CC(=O)NCCN(CC(=O)O)C(=O)N1CC(NC(=O)OCc2ccccc2)C1=O. The maximum Gasteiger partial charge on any atom is 0.408 e. The highest BCUT2D eigenvalue weighted by atomic mass is 16.5. The number of benzene rings is 1. The van der Waals surface area contributed by atoms with Crippen molar-refractivity contribution in [2.75, 3.05) is 26.2 Å². The van der Waals surface area contributed by atoms with Crippen molar-refractivity contribution in [3.8, 4) is 0 Å². The highest BCUT2D eigenvalue weighted by Gasteiger charge is 2.43. The zero-order valence-electron chi connectivity index (χ0n) is 15.8. The number of ether oxygens (including phenoxy) is 1. The maximum atomic E-state index is 12.4. The fourth-order valence-corrected chi connectivity index (χ4v) is 2.56. The molecule has 1 aliphatic rings. The minimum atomic E-state index is -1.26. The molecule has 1 aromatic rings. The van der Waals surface area contributed by atoms with Crippen LogP contribution in [-0.4, -0.2) is 77.0 Å². The van der Waals surface area contributed by atoms with E-state index < -0.39 is 36.6 Å². The monoisotopic (exact) mass is 406 g/mol. The van der Waals surface area contributed by atoms with Crippen LogP contribution >= 0.6 is 0 Å². The Morgan fingerprint density at radius 2 is 1.93 bits per heavy atom. The predicted octanol–water partition coefficient (Wildman–Crippen LogP) is -0.234. The minimum Gasteiger partial charge on any atom is -0.480 e. The molecule has 29 heavy (non-hydrogen) atoms. The van der Waals surface area contributed by atoms with Crippen molar-refractivity contribution >= 4 is 29.9 Å². The molecular weight excluding hydrogens is 384 g/mol. The molecule has 0 spiro atoms. The van der Waals surface area contributed by atoms with Crippen LogP contribution < -0.4 is 10.6 Å². The third-order valence-electron chi connectivity index (χ3n) is 4.02. The first-order chi connectivity index (χ1) is 13.8. The summed E-state index contributed by atoms with van der Waals surface area (Å²) in [6, 6.07) is 7.24. The van der Waals surface area contributed by atoms with E-state index in [1.165, 1.54) is 6.92 Å². The summed E-state index contributed by atoms with van der Waals surface area (Å²) in [4.78, 5) is 60.0. The zero-order valence-corrected chi connectivity index (χ0v) is 15.8. The Hall–Kier alpha value is -3.63. The van der Waals surface area contributed by atoms with Crippen molar-refractivity contribution < 1.29 is 33.8 Å². The van der Waals surface area contributed by atoms with Crippen LogP contribution in [0.3, 0.4) is 0 Å². The topological polar surface area (TPSA) is 145 Å². The molecule has 5 amide bonds. The number of imide groups is 1. The van der Waals surface area contributed by atoms with Gasteiger partial charge in [0.2, 0.25) is 5.91 Å². The Balaban J connectivity index is 1.82. The summed E-state index contributed by atoms with van der Waals surface area (Å²) in [6.07, 6.45) is -0.799. The molecule has 11 heteroatoms. The second-order valence-electron chi connectivity index (χ2n) is 6.29. The molecule has 1 saturated heterocycles. The summed E-state index contributed by atoms with van der Waals surface area (Å²) in [5.41, 5.74) is 0.780. The molecule has 0 aromatic heterocycles. The van der Waals surface area contributed by atoms with Crippen LogP contribution in [0.25, 0.3) is 0 Å². The Kier molecular flexibility index (Phi) is 7.52. The summed E-state index contributed by atoms with van der Waals surface area (Å²) in [5, 5.41) is 13.8. The Labute approximate surface area is 166 Å². The van der Waals surface area contributed by atoms with Crippen molar-refractivity contribution in [1.82, 2.24) is 20.4 Å². The first kappa shape index (κ1) is 21.7. The van der Waals surface area contributed by atoms with E-state index in [4.69, 9.17) is 9.84 Å². The van der Waals surface area contributed by atoms with Crippen molar-refractivity contribution in [1.29, 1.82) is 0 Å². The van der Waals surface area contributed by atoms with Gasteiger partial charge in [-0.15, -0.1) is 0 Å². The van der Waals surface area contributed by atoms with Gasteiger partial charge in [0.15, 0.2) is 0 Å². The number of nitrogens with zero attached hydrogens (tertiary/aromatic N) is 2. The Morgan fingerprint density at radius 1 is 1.24 bits per heavy atom. The maximum absolute atomic E-state index is 12.4. The van der Waals surface area contributed by atoms with Crippen LogP contribution in [0.4, 0.5) is 9.59 Å². The second-order valence-corrected chi connectivity index (χ2v) is 6.29. The number of aliphatic carboxylic acids is 1. The molecular formula is C18H22N4O7. The van der Waals surface area contributed by atoms with Crippen molar-refractivity contribution in [2.45, 2.75) is 19.6 Å². The van der Waals surface area contributed by atoms with Gasteiger partial charge in [-0.05, 0) is 5.56 Å². The quantitative estimate of drug-likeness (QED) is 0.505. The minimum absolute atomic E-state index is 0.0335. The lowest BCUT2D eigenvalue weighted by Gasteiger charge is -2.39. The van der Waals surface area contributed by atoms with Crippen molar-refractivity contribution in [3.63, 3.8) is 0 Å². The first-order valence-corrected chi connectivity index (χ1v) is 8.81. The molecule has 1 aromatic carbocycles. The number of alkyl carbamates (subject to hydrolysis) is 1. The number of amides is 5. The standard InChI is InChI=1S/C18H22N4O7/c1-12(23)19-7-8-21(10-15(24)25)18(28)22-9-14(16(22)26)20-17(27)29-11-13-5-3-2-4-6-13/h2-6,14H,7-11H2,1H3,(H,19,23)(H,20,27)(H,24,25). The largest absolute Gasteiger partial charge is 0.480 e. The van der Waals surface area contributed by atoms with Gasteiger partial charge < -0.3 is 25.4 Å². The molecule has 11 nitrogen and oxygen atoms in total. The normalized spacial score (nSPS) is 15.1. The average Bonchev–Trinajstić information content (AvgIpc) is 2.68. The number of nitrogens with one attached hydrogen (secondary N) is 2. The number of hydrogen-bond acceptors (Lipinski definition) is 6. The lowest BCUT2D eigenvalue weighted by Crippen LogP contribution is -2.67. The zero-order chi connectivity index (χ0) is 21.4. The van der Waals surface area contributed by atoms with E-state index in [2.05, 4.69) is 10.6 Å². The molecule has 2 rings (SSSR count). The van der Waals surface area contributed by atoms with Gasteiger partial charge in [0.05, 0.1) is 6.54 Å². The Morgan fingerprint density at radius 3 is 2.52 bits per heavy atom. The lowest BCUT2D eigenvalue weighted by atomic mass is 10.1. The van der Waals surface area contributed by atoms with E-state index in [-0.39, 0.29) is 32.1 Å². The number of β-lactam (4-membered cyclic amide) rings is 1. The van der Waals surface area contributed by atoms with Crippen LogP contribution in [0.1, 0.15) is 12.5 Å². The molecule has 156 valence electrons. The first-order valence-electron chi connectivity index (χ1n) is 8.81. The number of likely N-dealkylation sites (tertiary alicyclic amines) is 1. The lowest BCUT2D eigenvalue weighted by molar-refractivity contribution is -0.142. The fraction of sp³-hybridized carbons (Fsp3) is 0.389. The van der Waals surface area contributed by atoms with Gasteiger partial charge in [0.25, 0.3) is 5.91 Å². The van der Waals surface area contributed by atoms with E-state index in [1.807, 2.05) is 6.07 Å². The molecule has 0 radical (unpaired) electrons. The highest BCUT2D eigenvalue weighted by Crippen LogP contribution is 2.14. The summed E-state index contributed by atoms with van der Waals surface area (Å²) in [6.45, 7) is 0.560. The number of urea groups is 1. The summed E-state index contributed by atoms with van der Waals surface area (Å²) in [5.74, 6) is -2.25. The number of carbonyl (C=O) groups excluding carboxylic acids is 4. The van der Waals surface area contributed by atoms with Crippen LogP contribution in [0.2, 0.25) is 0 Å². The summed E-state index contributed by atoms with van der Waals surface area (Å²) < 4.78 is 5.02. The average molecular weight is 406 g/mol. The van der Waals surface area contributed by atoms with Gasteiger partial charge in [0, 0.05) is 20.0 Å². The molecule has 1 heterocycles. The third kappa shape index (κ3) is 6.48. The van der Waals surface area contributed by atoms with Crippen LogP contribution in [0, 0.1) is 0 Å². The van der Waals surface area contributed by atoms with Crippen LogP contribution in [0.5, 0.6) is 0 Å². The molecule has 0 aliphatic carbocycles. The van der Waals surface area contributed by atoms with Gasteiger partial charge in [-0.2, -0.15) is 0 Å². The van der Waals surface area contributed by atoms with E-state index in [0.29, 0.717) is 0 Å². The fourth-order valence-electron chi connectivity index (χ4n) is 2.56. The van der Waals surface area contributed by atoms with Gasteiger partial charge in [-0.25, -0.2) is 9.59 Å². The van der Waals surface area contributed by atoms with Crippen molar-refractivity contribution in [2.24, 2.45) is 0 Å². The number of rotatable bonds is 8. The summed E-state index contributed by atoms with van der Waals surface area (Å²) >= 11 is 0. The molecule has 1 fully saturated rings. The molecule has 1 unspecified atom stereocenters. The highest BCUT2D eigenvalue weighted by molar-refractivity contribution is 6.03. The number of hydrogen-bond donors (Lipinski definition) is 3. The van der Waals surface area contributed by atoms with Gasteiger partial charge >= 0.3 is 18.1 Å². The third-order valence-corrected chi connectivity index (χ3v) is 4.02. The van der Waals surface area contributed by atoms with E-state index in [9.17, 15) is 24.0 Å². The smallest absolute Gasteiger partial charge is 0.408 e. The predicted molar refractivity (Wildman–Crippen MR) is 98.6 cm³/mol.